The van der Waals surface area contributed by atoms with Gasteiger partial charge in [0.1, 0.15) is 5.75 Å². The van der Waals surface area contributed by atoms with Crippen LogP contribution in [0.1, 0.15) is 39.3 Å². The Morgan fingerprint density at radius 1 is 1.31 bits per heavy atom. The molecule has 0 spiro atoms. The Morgan fingerprint density at radius 3 is 2.44 bits per heavy atom. The third-order valence-corrected chi connectivity index (χ3v) is 2.46. The summed E-state index contributed by atoms with van der Waals surface area (Å²) in [4.78, 5) is 0. The molecule has 3 heteroatoms. The lowest BCUT2D eigenvalue weighted by molar-refractivity contribution is 0.321. The van der Waals surface area contributed by atoms with Crippen LogP contribution in [-0.2, 0) is 0 Å². The molecule has 0 amide bonds. The fourth-order valence-corrected chi connectivity index (χ4v) is 1.46. The van der Waals surface area contributed by atoms with E-state index < -0.39 is 0 Å². The monoisotopic (exact) mass is 243 g/mol. The number of hydrogen-bond donors (Lipinski definition) is 1. The zero-order chi connectivity index (χ0) is 11.5. The van der Waals surface area contributed by atoms with Crippen LogP contribution in [0.4, 0.5) is 0 Å². The molecule has 2 N–H and O–H groups in total. The van der Waals surface area contributed by atoms with Crippen LogP contribution in [-0.4, -0.2) is 6.61 Å². The number of hydrogen-bond acceptors (Lipinski definition) is 2. The molecule has 0 aliphatic carbocycles. The number of nitrogens with two attached hydrogens (primary N) is 1. The van der Waals surface area contributed by atoms with Gasteiger partial charge in [0, 0.05) is 6.04 Å². The molecule has 16 heavy (non-hydrogen) atoms. The molecule has 2 nitrogen and oxygen atoms in total. The Morgan fingerprint density at radius 2 is 1.94 bits per heavy atom. The second kappa shape index (κ2) is 6.12. The van der Waals surface area contributed by atoms with Gasteiger partial charge in [0.2, 0.25) is 0 Å². The summed E-state index contributed by atoms with van der Waals surface area (Å²) in [5.74, 6) is 0.898. The third-order valence-electron chi connectivity index (χ3n) is 2.46. The molecule has 0 aliphatic rings. The summed E-state index contributed by atoms with van der Waals surface area (Å²) in [5.41, 5.74) is 7.39. The van der Waals surface area contributed by atoms with Crippen molar-refractivity contribution in [3.05, 3.63) is 29.8 Å². The molecule has 1 aromatic rings. The quantitative estimate of drug-likeness (QED) is 0.881. The van der Waals surface area contributed by atoms with E-state index in [1.165, 1.54) is 0 Å². The molecule has 1 atom stereocenters. The van der Waals surface area contributed by atoms with Gasteiger partial charge in [0.25, 0.3) is 0 Å². The zero-order valence-electron chi connectivity index (χ0n) is 10.5. The first kappa shape index (κ1) is 15.3. The molecule has 0 radical (unpaired) electrons. The highest BCUT2D eigenvalue weighted by atomic mass is 35.5. The summed E-state index contributed by atoms with van der Waals surface area (Å²) in [6.07, 6.45) is 0. The Kier molecular flexibility index (Phi) is 5.84. The molecular formula is C13H22ClNO. The first-order valence-electron chi connectivity index (χ1n) is 5.43. The molecule has 0 saturated heterocycles. The molecular weight excluding hydrogens is 222 g/mol. The van der Waals surface area contributed by atoms with E-state index in [1.807, 2.05) is 25.1 Å². The van der Waals surface area contributed by atoms with Crippen molar-refractivity contribution in [2.75, 3.05) is 6.61 Å². The van der Waals surface area contributed by atoms with Crippen LogP contribution >= 0.6 is 12.4 Å². The topological polar surface area (TPSA) is 35.2 Å². The van der Waals surface area contributed by atoms with Crippen molar-refractivity contribution in [2.45, 2.75) is 33.7 Å². The number of rotatable bonds is 3. The largest absolute Gasteiger partial charge is 0.494 e. The van der Waals surface area contributed by atoms with Gasteiger partial charge in [-0.25, -0.2) is 0 Å². The van der Waals surface area contributed by atoms with Gasteiger partial charge in [-0.2, -0.15) is 0 Å². The minimum Gasteiger partial charge on any atom is -0.494 e. The SMILES string of the molecule is CCOc1cccc([C@@H](N)C(C)(C)C)c1.Cl. The molecule has 0 aromatic heterocycles. The van der Waals surface area contributed by atoms with E-state index in [2.05, 4.69) is 26.8 Å². The predicted molar refractivity (Wildman–Crippen MR) is 71.2 cm³/mol. The zero-order valence-corrected chi connectivity index (χ0v) is 11.3. The second-order valence-corrected chi connectivity index (χ2v) is 4.85. The van der Waals surface area contributed by atoms with Crippen molar-refractivity contribution in [3.8, 4) is 5.75 Å². The summed E-state index contributed by atoms with van der Waals surface area (Å²) in [7, 11) is 0. The van der Waals surface area contributed by atoms with Crippen molar-refractivity contribution >= 4 is 12.4 Å². The van der Waals surface area contributed by atoms with E-state index in [0.717, 1.165) is 11.3 Å². The lowest BCUT2D eigenvalue weighted by Crippen LogP contribution is -2.26. The van der Waals surface area contributed by atoms with Gasteiger partial charge in [-0.15, -0.1) is 12.4 Å². The van der Waals surface area contributed by atoms with Crippen LogP contribution in [0.15, 0.2) is 24.3 Å². The van der Waals surface area contributed by atoms with Gasteiger partial charge >= 0.3 is 0 Å². The molecule has 0 bridgehead atoms. The molecule has 1 aromatic carbocycles. The van der Waals surface area contributed by atoms with Crippen LogP contribution in [0, 0.1) is 5.41 Å². The highest BCUT2D eigenvalue weighted by Crippen LogP contribution is 2.31. The standard InChI is InChI=1S/C13H21NO.ClH/c1-5-15-11-8-6-7-10(9-11)12(14)13(2,3)4;/h6-9,12H,5,14H2,1-4H3;1H/t12-;/m1./s1. The maximum absolute atomic E-state index is 6.18. The number of benzene rings is 1. The fraction of sp³-hybridized carbons (Fsp3) is 0.538. The van der Waals surface area contributed by atoms with E-state index in [1.54, 1.807) is 0 Å². The molecule has 0 aliphatic heterocycles. The van der Waals surface area contributed by atoms with Gasteiger partial charge in [-0.05, 0) is 30.0 Å². The van der Waals surface area contributed by atoms with E-state index in [-0.39, 0.29) is 23.9 Å². The summed E-state index contributed by atoms with van der Waals surface area (Å²) >= 11 is 0. The molecule has 92 valence electrons. The fourth-order valence-electron chi connectivity index (χ4n) is 1.46. The summed E-state index contributed by atoms with van der Waals surface area (Å²) < 4.78 is 5.45. The smallest absolute Gasteiger partial charge is 0.119 e. The highest BCUT2D eigenvalue weighted by molar-refractivity contribution is 5.85. The van der Waals surface area contributed by atoms with E-state index in [9.17, 15) is 0 Å². The van der Waals surface area contributed by atoms with Gasteiger partial charge in [-0.3, -0.25) is 0 Å². The maximum Gasteiger partial charge on any atom is 0.119 e. The van der Waals surface area contributed by atoms with Crippen molar-refractivity contribution in [3.63, 3.8) is 0 Å². The van der Waals surface area contributed by atoms with Crippen LogP contribution in [0.3, 0.4) is 0 Å². The van der Waals surface area contributed by atoms with Crippen molar-refractivity contribution in [1.29, 1.82) is 0 Å². The van der Waals surface area contributed by atoms with Gasteiger partial charge in [-0.1, -0.05) is 32.9 Å². The molecule has 0 fully saturated rings. The summed E-state index contributed by atoms with van der Waals surface area (Å²) in [6, 6.07) is 8.07. The van der Waals surface area contributed by atoms with Crippen molar-refractivity contribution in [2.24, 2.45) is 11.1 Å². The van der Waals surface area contributed by atoms with Crippen LogP contribution in [0.25, 0.3) is 0 Å². The van der Waals surface area contributed by atoms with Crippen molar-refractivity contribution < 1.29 is 4.74 Å². The lowest BCUT2D eigenvalue weighted by atomic mass is 9.83. The lowest BCUT2D eigenvalue weighted by Gasteiger charge is -2.27. The number of ether oxygens (including phenoxy) is 1. The molecule has 1 rings (SSSR count). The second-order valence-electron chi connectivity index (χ2n) is 4.85. The average molecular weight is 244 g/mol. The van der Waals surface area contributed by atoms with Gasteiger partial charge in [0.05, 0.1) is 6.61 Å². The summed E-state index contributed by atoms with van der Waals surface area (Å²) in [6.45, 7) is 9.10. The minimum atomic E-state index is 0. The van der Waals surface area contributed by atoms with Gasteiger partial charge < -0.3 is 10.5 Å². The van der Waals surface area contributed by atoms with Crippen molar-refractivity contribution in [1.82, 2.24) is 0 Å². The Bertz CT molecular complexity index is 320. The highest BCUT2D eigenvalue weighted by Gasteiger charge is 2.22. The van der Waals surface area contributed by atoms with E-state index in [0.29, 0.717) is 6.61 Å². The van der Waals surface area contributed by atoms with E-state index in [4.69, 9.17) is 10.5 Å². The molecule has 0 unspecified atom stereocenters. The predicted octanol–water partition coefficient (Wildman–Crippen LogP) is 3.55. The van der Waals surface area contributed by atoms with Gasteiger partial charge in [0.15, 0.2) is 0 Å². The Labute approximate surface area is 105 Å². The minimum absolute atomic E-state index is 0. The van der Waals surface area contributed by atoms with Crippen LogP contribution in [0.5, 0.6) is 5.75 Å². The molecule has 0 saturated carbocycles. The first-order valence-corrected chi connectivity index (χ1v) is 5.43. The molecule has 0 heterocycles. The Hall–Kier alpha value is -0.730. The maximum atomic E-state index is 6.18. The average Bonchev–Trinajstić information content (AvgIpc) is 2.16. The number of halogens is 1. The van der Waals surface area contributed by atoms with Crippen LogP contribution < -0.4 is 10.5 Å². The third kappa shape index (κ3) is 4.03. The van der Waals surface area contributed by atoms with E-state index >= 15 is 0 Å². The summed E-state index contributed by atoms with van der Waals surface area (Å²) in [5, 5.41) is 0. The van der Waals surface area contributed by atoms with Crippen LogP contribution in [0.2, 0.25) is 0 Å². The Balaban J connectivity index is 0.00000225. The normalized spacial score (nSPS) is 12.8. The first-order chi connectivity index (χ1) is 6.95.